The molecular formula is C14H21NO3. The largest absolute Gasteiger partial charge is 0.460 e. The lowest BCUT2D eigenvalue weighted by atomic mass is 10.0. The van der Waals surface area contributed by atoms with Crippen LogP contribution >= 0.6 is 0 Å². The van der Waals surface area contributed by atoms with E-state index in [0.29, 0.717) is 19.4 Å². The highest BCUT2D eigenvalue weighted by molar-refractivity contribution is 5.69. The lowest BCUT2D eigenvalue weighted by Gasteiger charge is -2.14. The molecular weight excluding hydrogens is 230 g/mol. The highest BCUT2D eigenvalue weighted by atomic mass is 16.6. The van der Waals surface area contributed by atoms with Crippen molar-refractivity contribution in [3.8, 4) is 0 Å². The molecule has 2 unspecified atom stereocenters. The third kappa shape index (κ3) is 5.29. The molecule has 0 spiro atoms. The Hall–Kier alpha value is -1.39. The molecule has 2 N–H and O–H groups in total. The van der Waals surface area contributed by atoms with Gasteiger partial charge in [0.2, 0.25) is 0 Å². The fourth-order valence-corrected chi connectivity index (χ4v) is 1.69. The van der Waals surface area contributed by atoms with E-state index in [1.54, 1.807) is 14.0 Å². The fraction of sp³-hybridized carbons (Fsp3) is 0.500. The Morgan fingerprint density at radius 3 is 2.61 bits per heavy atom. The van der Waals surface area contributed by atoms with Gasteiger partial charge in [-0.25, -0.2) is 0 Å². The molecule has 0 amide bonds. The second-order valence-electron chi connectivity index (χ2n) is 4.31. The van der Waals surface area contributed by atoms with Crippen molar-refractivity contribution in [2.45, 2.75) is 31.9 Å². The molecule has 0 radical (unpaired) electrons. The fourth-order valence-electron chi connectivity index (χ4n) is 1.69. The van der Waals surface area contributed by atoms with Gasteiger partial charge in [-0.05, 0) is 18.9 Å². The third-order valence-corrected chi connectivity index (χ3v) is 2.62. The van der Waals surface area contributed by atoms with Crippen LogP contribution < -0.4 is 5.73 Å². The summed E-state index contributed by atoms with van der Waals surface area (Å²) in [5.74, 6) is -0.231. The van der Waals surface area contributed by atoms with Crippen molar-refractivity contribution in [3.63, 3.8) is 0 Å². The molecule has 100 valence electrons. The summed E-state index contributed by atoms with van der Waals surface area (Å²) < 4.78 is 10.1. The van der Waals surface area contributed by atoms with Crippen molar-refractivity contribution < 1.29 is 14.3 Å². The summed E-state index contributed by atoms with van der Waals surface area (Å²) in [7, 11) is 1.58. The van der Waals surface area contributed by atoms with E-state index in [1.807, 2.05) is 30.3 Å². The predicted molar refractivity (Wildman–Crippen MR) is 70.0 cm³/mol. The van der Waals surface area contributed by atoms with Gasteiger partial charge in [-0.3, -0.25) is 4.79 Å². The zero-order valence-corrected chi connectivity index (χ0v) is 11.0. The first-order chi connectivity index (χ1) is 8.63. The summed E-state index contributed by atoms with van der Waals surface area (Å²) in [6.07, 6.45) is 0.697. The SMILES string of the molecule is COCC(C)OC(=O)CCC(N)c1ccccc1. The Labute approximate surface area is 108 Å². The number of carbonyl (C=O) groups is 1. The Balaban J connectivity index is 2.30. The molecule has 2 atom stereocenters. The van der Waals surface area contributed by atoms with E-state index in [2.05, 4.69) is 0 Å². The number of esters is 1. The third-order valence-electron chi connectivity index (χ3n) is 2.62. The quantitative estimate of drug-likeness (QED) is 0.753. The van der Waals surface area contributed by atoms with Crippen LogP contribution in [0.5, 0.6) is 0 Å². The van der Waals surface area contributed by atoms with E-state index < -0.39 is 0 Å². The van der Waals surface area contributed by atoms with E-state index in [-0.39, 0.29) is 18.1 Å². The highest BCUT2D eigenvalue weighted by Gasteiger charge is 2.12. The molecule has 4 nitrogen and oxygen atoms in total. The topological polar surface area (TPSA) is 61.5 Å². The number of hydrogen-bond donors (Lipinski definition) is 1. The number of hydrogen-bond acceptors (Lipinski definition) is 4. The van der Waals surface area contributed by atoms with Gasteiger partial charge in [-0.2, -0.15) is 0 Å². The summed E-state index contributed by atoms with van der Waals surface area (Å²) in [5.41, 5.74) is 7.04. The number of carbonyl (C=O) groups excluding carboxylic acids is 1. The maximum absolute atomic E-state index is 11.5. The van der Waals surface area contributed by atoms with E-state index >= 15 is 0 Å². The second-order valence-corrected chi connectivity index (χ2v) is 4.31. The van der Waals surface area contributed by atoms with Gasteiger partial charge in [0, 0.05) is 19.6 Å². The molecule has 0 saturated heterocycles. The lowest BCUT2D eigenvalue weighted by molar-refractivity contribution is -0.150. The summed E-state index contributed by atoms with van der Waals surface area (Å²) in [5, 5.41) is 0. The Kier molecular flexibility index (Phi) is 6.39. The molecule has 0 aliphatic heterocycles. The van der Waals surface area contributed by atoms with E-state index in [9.17, 15) is 4.79 Å². The van der Waals surface area contributed by atoms with Crippen molar-refractivity contribution in [1.82, 2.24) is 0 Å². The van der Waals surface area contributed by atoms with E-state index in [1.165, 1.54) is 0 Å². The van der Waals surface area contributed by atoms with Crippen LogP contribution in [0.4, 0.5) is 0 Å². The number of benzene rings is 1. The molecule has 0 heterocycles. The van der Waals surface area contributed by atoms with Gasteiger partial charge in [-0.15, -0.1) is 0 Å². The van der Waals surface area contributed by atoms with Crippen molar-refractivity contribution >= 4 is 5.97 Å². The maximum atomic E-state index is 11.5. The number of methoxy groups -OCH3 is 1. The summed E-state index contributed by atoms with van der Waals surface area (Å²) in [4.78, 5) is 11.5. The second kappa shape index (κ2) is 7.84. The van der Waals surface area contributed by atoms with Crippen molar-refractivity contribution in [2.24, 2.45) is 5.73 Å². The molecule has 0 fully saturated rings. The van der Waals surface area contributed by atoms with Crippen LogP contribution in [0.1, 0.15) is 31.4 Å². The van der Waals surface area contributed by atoms with Crippen LogP contribution in [0.15, 0.2) is 30.3 Å². The molecule has 1 aromatic carbocycles. The van der Waals surface area contributed by atoms with Crippen LogP contribution in [0.25, 0.3) is 0 Å². The smallest absolute Gasteiger partial charge is 0.306 e. The Bertz CT molecular complexity index is 353. The monoisotopic (exact) mass is 251 g/mol. The van der Waals surface area contributed by atoms with Crippen LogP contribution in [0, 0.1) is 0 Å². The molecule has 1 rings (SSSR count). The summed E-state index contributed by atoms with van der Waals surface area (Å²) in [6, 6.07) is 9.61. The minimum absolute atomic E-state index is 0.128. The molecule has 0 saturated carbocycles. The highest BCUT2D eigenvalue weighted by Crippen LogP contribution is 2.15. The maximum Gasteiger partial charge on any atom is 0.306 e. The average Bonchev–Trinajstić information content (AvgIpc) is 2.37. The first-order valence-electron chi connectivity index (χ1n) is 6.12. The molecule has 18 heavy (non-hydrogen) atoms. The lowest BCUT2D eigenvalue weighted by Crippen LogP contribution is -2.20. The Morgan fingerprint density at radius 1 is 1.33 bits per heavy atom. The molecule has 4 heteroatoms. The molecule has 0 aromatic heterocycles. The summed E-state index contributed by atoms with van der Waals surface area (Å²) in [6.45, 7) is 2.22. The number of rotatable bonds is 7. The van der Waals surface area contributed by atoms with Crippen molar-refractivity contribution in [2.75, 3.05) is 13.7 Å². The van der Waals surface area contributed by atoms with Crippen LogP contribution in [-0.4, -0.2) is 25.8 Å². The molecule has 0 bridgehead atoms. The van der Waals surface area contributed by atoms with Gasteiger partial charge >= 0.3 is 5.97 Å². The molecule has 0 aliphatic carbocycles. The van der Waals surface area contributed by atoms with Gasteiger partial charge in [0.25, 0.3) is 0 Å². The average molecular weight is 251 g/mol. The first kappa shape index (κ1) is 14.7. The van der Waals surface area contributed by atoms with Gasteiger partial charge in [-0.1, -0.05) is 30.3 Å². The minimum Gasteiger partial charge on any atom is -0.460 e. The Morgan fingerprint density at radius 2 is 2.00 bits per heavy atom. The summed E-state index contributed by atoms with van der Waals surface area (Å²) >= 11 is 0. The van der Waals surface area contributed by atoms with Crippen LogP contribution in [-0.2, 0) is 14.3 Å². The van der Waals surface area contributed by atoms with Gasteiger partial charge < -0.3 is 15.2 Å². The zero-order valence-electron chi connectivity index (χ0n) is 11.0. The normalized spacial score (nSPS) is 13.9. The van der Waals surface area contributed by atoms with E-state index in [4.69, 9.17) is 15.2 Å². The van der Waals surface area contributed by atoms with Crippen molar-refractivity contribution in [3.05, 3.63) is 35.9 Å². The minimum atomic E-state index is -0.231. The molecule has 0 aliphatic rings. The molecule has 1 aromatic rings. The standard InChI is InChI=1S/C14H21NO3/c1-11(10-17-2)18-14(16)9-8-13(15)12-6-4-3-5-7-12/h3-7,11,13H,8-10,15H2,1-2H3. The van der Waals surface area contributed by atoms with Gasteiger partial charge in [0.1, 0.15) is 6.10 Å². The van der Waals surface area contributed by atoms with Crippen molar-refractivity contribution in [1.29, 1.82) is 0 Å². The van der Waals surface area contributed by atoms with Crippen LogP contribution in [0.2, 0.25) is 0 Å². The van der Waals surface area contributed by atoms with Crippen LogP contribution in [0.3, 0.4) is 0 Å². The van der Waals surface area contributed by atoms with Gasteiger partial charge in [0.05, 0.1) is 6.61 Å². The van der Waals surface area contributed by atoms with Gasteiger partial charge in [0.15, 0.2) is 0 Å². The van der Waals surface area contributed by atoms with E-state index in [0.717, 1.165) is 5.56 Å². The predicted octanol–water partition coefficient (Wildman–Crippen LogP) is 2.04. The number of nitrogens with two attached hydrogens (primary N) is 1. The number of ether oxygens (including phenoxy) is 2. The first-order valence-corrected chi connectivity index (χ1v) is 6.12. The zero-order chi connectivity index (χ0) is 13.4.